The zero-order chi connectivity index (χ0) is 30.8. The highest BCUT2D eigenvalue weighted by molar-refractivity contribution is 5.94. The maximum atomic E-state index is 13.9. The third kappa shape index (κ3) is 5.54. The molecule has 1 amide bonds. The number of aromatic amines is 1. The molecule has 2 aliphatic rings. The molecule has 2 aromatic heterocycles. The van der Waals surface area contributed by atoms with Crippen molar-refractivity contribution in [1.29, 1.82) is 5.26 Å². The second kappa shape index (κ2) is 11.7. The molecule has 1 saturated heterocycles. The summed E-state index contributed by atoms with van der Waals surface area (Å²) in [5.41, 5.74) is -0.489. The van der Waals surface area contributed by atoms with E-state index in [1.54, 1.807) is 59.6 Å². The standard InChI is InChI=1S/C31H26F3N7O3/c32-31(33,34)27-25(17-37-38-29(27)42)41-18-22-5-1-2-9-24(22)26(41)19-44-23-8-3-6-20(15-23)30(43)40-13-11-39(12-14-40)28-21(16-35)7-4-10-36-28/h1-10,15,17,26H,11-14,18-19H2,(H,38,42)/t26-/m1/s1. The Balaban J connectivity index is 1.18. The van der Waals surface area contributed by atoms with Crippen molar-refractivity contribution in [3.05, 3.63) is 111 Å². The number of alkyl halides is 3. The summed E-state index contributed by atoms with van der Waals surface area (Å²) in [6.45, 7) is 2.00. The number of rotatable bonds is 6. The highest BCUT2D eigenvalue weighted by Crippen LogP contribution is 2.42. The molecule has 6 rings (SSSR count). The molecule has 44 heavy (non-hydrogen) atoms. The zero-order valence-corrected chi connectivity index (χ0v) is 23.3. The van der Waals surface area contributed by atoms with E-state index in [1.807, 2.05) is 22.1 Å². The predicted molar refractivity (Wildman–Crippen MR) is 154 cm³/mol. The molecule has 224 valence electrons. The third-order valence-electron chi connectivity index (χ3n) is 7.82. The number of carbonyl (C=O) groups is 1. The van der Waals surface area contributed by atoms with Gasteiger partial charge in [0.15, 0.2) is 0 Å². The molecule has 0 spiro atoms. The Morgan fingerprint density at radius 1 is 1.07 bits per heavy atom. The molecule has 0 bridgehead atoms. The van der Waals surface area contributed by atoms with Crippen LogP contribution in [0.2, 0.25) is 0 Å². The maximum Gasteiger partial charge on any atom is 0.423 e. The lowest BCUT2D eigenvalue weighted by atomic mass is 10.1. The van der Waals surface area contributed by atoms with E-state index in [0.29, 0.717) is 48.9 Å². The van der Waals surface area contributed by atoms with E-state index in [0.717, 1.165) is 17.3 Å². The van der Waals surface area contributed by atoms with Crippen molar-refractivity contribution in [2.45, 2.75) is 18.8 Å². The van der Waals surface area contributed by atoms with Crippen LogP contribution in [0.5, 0.6) is 5.75 Å². The maximum absolute atomic E-state index is 13.9. The van der Waals surface area contributed by atoms with Crippen LogP contribution in [0.3, 0.4) is 0 Å². The number of aromatic nitrogens is 3. The lowest BCUT2D eigenvalue weighted by Crippen LogP contribution is -2.49. The van der Waals surface area contributed by atoms with Gasteiger partial charge in [-0.2, -0.15) is 23.5 Å². The monoisotopic (exact) mass is 601 g/mol. The first-order chi connectivity index (χ1) is 21.2. The highest BCUT2D eigenvalue weighted by Gasteiger charge is 2.42. The number of halogens is 3. The fraction of sp³-hybridized carbons (Fsp3) is 0.258. The Kier molecular flexibility index (Phi) is 7.65. The van der Waals surface area contributed by atoms with Gasteiger partial charge in [0.25, 0.3) is 11.5 Å². The molecule has 4 heterocycles. The Morgan fingerprint density at radius 2 is 1.86 bits per heavy atom. The van der Waals surface area contributed by atoms with Gasteiger partial charge in [0.2, 0.25) is 0 Å². The second-order valence-electron chi connectivity index (χ2n) is 10.4. The second-order valence-corrected chi connectivity index (χ2v) is 10.4. The number of pyridine rings is 1. The van der Waals surface area contributed by atoms with Crippen molar-refractivity contribution in [3.8, 4) is 11.8 Å². The average Bonchev–Trinajstić information content (AvgIpc) is 3.41. The summed E-state index contributed by atoms with van der Waals surface area (Å²) < 4.78 is 47.9. The van der Waals surface area contributed by atoms with Gasteiger partial charge in [-0.15, -0.1) is 0 Å². The molecule has 0 unspecified atom stereocenters. The van der Waals surface area contributed by atoms with Gasteiger partial charge in [-0.05, 0) is 41.5 Å². The predicted octanol–water partition coefficient (Wildman–Crippen LogP) is 4.16. The van der Waals surface area contributed by atoms with Crippen molar-refractivity contribution in [2.24, 2.45) is 0 Å². The van der Waals surface area contributed by atoms with E-state index in [2.05, 4.69) is 16.2 Å². The van der Waals surface area contributed by atoms with E-state index in [1.165, 1.54) is 4.90 Å². The number of ether oxygens (including phenoxy) is 1. The van der Waals surface area contributed by atoms with Crippen molar-refractivity contribution in [2.75, 3.05) is 42.6 Å². The topological polar surface area (TPSA) is 118 Å². The summed E-state index contributed by atoms with van der Waals surface area (Å²) in [4.78, 5) is 35.1. The largest absolute Gasteiger partial charge is 0.491 e. The molecule has 2 aromatic carbocycles. The molecule has 0 saturated carbocycles. The average molecular weight is 602 g/mol. The number of carbonyl (C=O) groups excluding carboxylic acids is 1. The summed E-state index contributed by atoms with van der Waals surface area (Å²) in [5, 5.41) is 14.9. The van der Waals surface area contributed by atoms with Crippen LogP contribution in [0.1, 0.15) is 38.7 Å². The van der Waals surface area contributed by atoms with E-state index in [-0.39, 0.29) is 24.7 Å². The Morgan fingerprint density at radius 3 is 2.64 bits per heavy atom. The van der Waals surface area contributed by atoms with Crippen LogP contribution in [0.25, 0.3) is 0 Å². The Labute approximate surface area is 249 Å². The number of hydrogen-bond donors (Lipinski definition) is 1. The normalized spacial score (nSPS) is 16.4. The van der Waals surface area contributed by atoms with E-state index in [4.69, 9.17) is 4.74 Å². The lowest BCUT2D eigenvalue weighted by Gasteiger charge is -2.35. The molecule has 0 aliphatic carbocycles. The molecule has 4 aromatic rings. The molecule has 13 heteroatoms. The molecular weight excluding hydrogens is 575 g/mol. The fourth-order valence-electron chi connectivity index (χ4n) is 5.71. The van der Waals surface area contributed by atoms with Crippen LogP contribution in [0.4, 0.5) is 24.7 Å². The molecule has 1 N–H and O–H groups in total. The zero-order valence-electron chi connectivity index (χ0n) is 23.3. The summed E-state index contributed by atoms with van der Waals surface area (Å²) >= 11 is 0. The van der Waals surface area contributed by atoms with Gasteiger partial charge in [-0.3, -0.25) is 9.59 Å². The smallest absolute Gasteiger partial charge is 0.423 e. The first-order valence-electron chi connectivity index (χ1n) is 13.9. The highest BCUT2D eigenvalue weighted by atomic mass is 19.4. The number of hydrogen-bond acceptors (Lipinski definition) is 8. The quantitative estimate of drug-likeness (QED) is 0.350. The van der Waals surface area contributed by atoms with Gasteiger partial charge in [-0.25, -0.2) is 10.1 Å². The van der Waals surface area contributed by atoms with Crippen LogP contribution in [-0.2, 0) is 12.7 Å². The minimum absolute atomic E-state index is 0.0390. The summed E-state index contributed by atoms with van der Waals surface area (Å²) in [5.74, 6) is 0.790. The molecule has 0 radical (unpaired) electrons. The van der Waals surface area contributed by atoms with Crippen molar-refractivity contribution < 1.29 is 22.7 Å². The van der Waals surface area contributed by atoms with Gasteiger partial charge < -0.3 is 19.4 Å². The number of benzene rings is 2. The van der Waals surface area contributed by atoms with Gasteiger partial charge in [0.1, 0.15) is 29.8 Å². The first kappa shape index (κ1) is 28.7. The minimum Gasteiger partial charge on any atom is -0.491 e. The van der Waals surface area contributed by atoms with Crippen LogP contribution in [0, 0.1) is 11.3 Å². The molecular formula is C31H26F3N7O3. The number of amides is 1. The van der Waals surface area contributed by atoms with Crippen molar-refractivity contribution >= 4 is 17.4 Å². The van der Waals surface area contributed by atoms with Crippen LogP contribution in [-0.4, -0.2) is 58.8 Å². The fourth-order valence-corrected chi connectivity index (χ4v) is 5.71. The molecule has 1 atom stereocenters. The summed E-state index contributed by atoms with van der Waals surface area (Å²) in [7, 11) is 0. The van der Waals surface area contributed by atoms with Crippen molar-refractivity contribution in [3.63, 3.8) is 0 Å². The van der Waals surface area contributed by atoms with Gasteiger partial charge in [0.05, 0.1) is 23.5 Å². The third-order valence-corrected chi connectivity index (χ3v) is 7.82. The lowest BCUT2D eigenvalue weighted by molar-refractivity contribution is -0.138. The number of H-pyrrole nitrogens is 1. The summed E-state index contributed by atoms with van der Waals surface area (Å²) in [6, 6.07) is 18.8. The number of nitriles is 1. The Hall–Kier alpha value is -5.38. The number of fused-ring (bicyclic) bond motifs is 1. The van der Waals surface area contributed by atoms with Crippen LogP contribution < -0.4 is 20.1 Å². The van der Waals surface area contributed by atoms with Crippen LogP contribution >= 0.6 is 0 Å². The molecule has 2 aliphatic heterocycles. The van der Waals surface area contributed by atoms with E-state index < -0.39 is 23.3 Å². The molecule has 1 fully saturated rings. The Bertz CT molecular complexity index is 1800. The van der Waals surface area contributed by atoms with E-state index >= 15 is 0 Å². The number of nitrogens with one attached hydrogen (secondary N) is 1. The van der Waals surface area contributed by atoms with Crippen molar-refractivity contribution in [1.82, 2.24) is 20.1 Å². The van der Waals surface area contributed by atoms with Crippen LogP contribution in [0.15, 0.2) is 77.9 Å². The SMILES string of the molecule is N#Cc1cccnc1N1CCN(C(=O)c2cccc(OC[C@@H]3c4ccccc4CN3c3cn[nH]c(=O)c3C(F)(F)F)c2)CC1. The molecule has 10 nitrogen and oxygen atoms in total. The number of piperazine rings is 1. The van der Waals surface area contributed by atoms with Gasteiger partial charge >= 0.3 is 6.18 Å². The summed E-state index contributed by atoms with van der Waals surface area (Å²) in [6.07, 6.45) is -2.24. The first-order valence-corrected chi connectivity index (χ1v) is 13.9. The van der Waals surface area contributed by atoms with Gasteiger partial charge in [0, 0.05) is 44.5 Å². The van der Waals surface area contributed by atoms with Gasteiger partial charge in [-0.1, -0.05) is 30.3 Å². The minimum atomic E-state index is -4.89. The number of nitrogens with zero attached hydrogens (tertiary/aromatic N) is 6. The number of anilines is 2. The van der Waals surface area contributed by atoms with E-state index in [9.17, 15) is 28.0 Å².